The first kappa shape index (κ1) is 20.0. The summed E-state index contributed by atoms with van der Waals surface area (Å²) in [5, 5.41) is 8.66. The number of carbonyl (C=O) groups excluding carboxylic acids is 2. The highest BCUT2D eigenvalue weighted by Gasteiger charge is 2.21. The normalized spacial score (nSPS) is 10.3. The number of Topliss-reactive ketones (excluding diaryl/α,β-unsaturated/α-hetero) is 1. The van der Waals surface area contributed by atoms with E-state index in [9.17, 15) is 23.2 Å². The summed E-state index contributed by atoms with van der Waals surface area (Å²) in [5.74, 6) is -4.04. The SMILES string of the molecule is O=C(O)C(=O)CC(=O)N(CCOc1ccc(F)cc1)Cc1ccc(F)cc1. The molecule has 6 nitrogen and oxygen atoms in total. The molecule has 0 aliphatic rings. The van der Waals surface area contributed by atoms with E-state index in [4.69, 9.17) is 9.84 Å². The average molecular weight is 377 g/mol. The zero-order chi connectivity index (χ0) is 19.8. The fourth-order valence-electron chi connectivity index (χ4n) is 2.23. The van der Waals surface area contributed by atoms with Crippen LogP contribution in [0.15, 0.2) is 48.5 Å². The van der Waals surface area contributed by atoms with Crippen LogP contribution in [0.4, 0.5) is 8.78 Å². The maximum atomic E-state index is 13.0. The Morgan fingerprint density at radius 2 is 1.48 bits per heavy atom. The minimum absolute atomic E-state index is 0.0415. The Kier molecular flexibility index (Phi) is 6.99. The van der Waals surface area contributed by atoms with Crippen molar-refractivity contribution in [2.45, 2.75) is 13.0 Å². The molecule has 1 N–H and O–H groups in total. The summed E-state index contributed by atoms with van der Waals surface area (Å²) in [7, 11) is 0. The number of amides is 1. The van der Waals surface area contributed by atoms with Gasteiger partial charge >= 0.3 is 5.97 Å². The molecule has 0 aromatic heterocycles. The predicted octanol–water partition coefficient (Wildman–Crippen LogP) is 2.42. The lowest BCUT2D eigenvalue weighted by molar-refractivity contribution is -0.151. The third-order valence-corrected chi connectivity index (χ3v) is 3.63. The zero-order valence-corrected chi connectivity index (χ0v) is 14.2. The number of carboxylic acid groups (broad SMARTS) is 1. The van der Waals surface area contributed by atoms with Crippen LogP contribution in [0.3, 0.4) is 0 Å². The molecule has 0 aliphatic carbocycles. The lowest BCUT2D eigenvalue weighted by Crippen LogP contribution is -2.36. The third-order valence-electron chi connectivity index (χ3n) is 3.63. The van der Waals surface area contributed by atoms with Crippen LogP contribution in [0.25, 0.3) is 0 Å². The van der Waals surface area contributed by atoms with Crippen molar-refractivity contribution in [3.63, 3.8) is 0 Å². The number of ether oxygens (including phenoxy) is 1. The van der Waals surface area contributed by atoms with E-state index in [1.807, 2.05) is 0 Å². The van der Waals surface area contributed by atoms with E-state index in [1.165, 1.54) is 53.4 Å². The molecule has 0 spiro atoms. The quantitative estimate of drug-likeness (QED) is 0.536. The smallest absolute Gasteiger partial charge is 0.372 e. The summed E-state index contributed by atoms with van der Waals surface area (Å²) in [6.45, 7) is 0.152. The molecule has 0 bridgehead atoms. The van der Waals surface area contributed by atoms with Gasteiger partial charge in [-0.25, -0.2) is 13.6 Å². The lowest BCUT2D eigenvalue weighted by Gasteiger charge is -2.22. The van der Waals surface area contributed by atoms with Gasteiger partial charge in [-0.15, -0.1) is 0 Å². The van der Waals surface area contributed by atoms with Gasteiger partial charge in [0.2, 0.25) is 11.7 Å². The van der Waals surface area contributed by atoms with Crippen molar-refractivity contribution < 1.29 is 33.0 Å². The Bertz CT molecular complexity index is 806. The Hall–Kier alpha value is -3.29. The van der Waals surface area contributed by atoms with E-state index in [0.29, 0.717) is 11.3 Å². The number of carboxylic acids is 1. The van der Waals surface area contributed by atoms with Crippen LogP contribution in [0.2, 0.25) is 0 Å². The molecule has 0 saturated carbocycles. The minimum Gasteiger partial charge on any atom is -0.492 e. The largest absolute Gasteiger partial charge is 0.492 e. The molecule has 142 valence electrons. The number of hydrogen-bond donors (Lipinski definition) is 1. The number of halogens is 2. The highest BCUT2D eigenvalue weighted by molar-refractivity contribution is 6.36. The Labute approximate surface area is 154 Å². The molecule has 2 aromatic rings. The van der Waals surface area contributed by atoms with Gasteiger partial charge in [0, 0.05) is 6.54 Å². The number of aliphatic carboxylic acids is 1. The second-order valence-corrected chi connectivity index (χ2v) is 5.65. The maximum absolute atomic E-state index is 13.0. The summed E-state index contributed by atoms with van der Waals surface area (Å²) in [5.41, 5.74) is 0.606. The van der Waals surface area contributed by atoms with E-state index in [2.05, 4.69) is 0 Å². The zero-order valence-electron chi connectivity index (χ0n) is 14.2. The van der Waals surface area contributed by atoms with Crippen molar-refractivity contribution in [2.24, 2.45) is 0 Å². The van der Waals surface area contributed by atoms with E-state index < -0.39 is 35.7 Å². The molecule has 1 amide bonds. The number of rotatable bonds is 9. The molecule has 0 heterocycles. The fraction of sp³-hybridized carbons (Fsp3) is 0.211. The fourth-order valence-corrected chi connectivity index (χ4v) is 2.23. The molecule has 27 heavy (non-hydrogen) atoms. The van der Waals surface area contributed by atoms with Gasteiger partial charge in [0.15, 0.2) is 0 Å². The highest BCUT2D eigenvalue weighted by Crippen LogP contribution is 2.12. The number of carbonyl (C=O) groups is 3. The number of ketones is 1. The van der Waals surface area contributed by atoms with E-state index in [1.54, 1.807) is 0 Å². The number of nitrogens with zero attached hydrogens (tertiary/aromatic N) is 1. The van der Waals surface area contributed by atoms with Crippen molar-refractivity contribution in [2.75, 3.05) is 13.2 Å². The van der Waals surface area contributed by atoms with Crippen molar-refractivity contribution in [1.82, 2.24) is 4.90 Å². The van der Waals surface area contributed by atoms with Crippen LogP contribution in [-0.4, -0.2) is 40.8 Å². The molecule has 2 rings (SSSR count). The van der Waals surface area contributed by atoms with Gasteiger partial charge in [0.25, 0.3) is 0 Å². The second-order valence-electron chi connectivity index (χ2n) is 5.65. The molecule has 0 atom stereocenters. The molecule has 0 radical (unpaired) electrons. The standard InChI is InChI=1S/C19H17F2NO5/c20-14-3-1-13(2-4-14)12-22(18(24)11-17(23)19(25)26)9-10-27-16-7-5-15(21)6-8-16/h1-8H,9-12H2,(H,25,26). The molecule has 2 aromatic carbocycles. The molecule has 0 fully saturated rings. The van der Waals surface area contributed by atoms with Crippen molar-refractivity contribution in [3.05, 3.63) is 65.7 Å². The number of benzene rings is 2. The van der Waals surface area contributed by atoms with E-state index in [0.717, 1.165) is 0 Å². The van der Waals surface area contributed by atoms with Crippen LogP contribution in [0.1, 0.15) is 12.0 Å². The van der Waals surface area contributed by atoms with Crippen LogP contribution < -0.4 is 4.74 Å². The van der Waals surface area contributed by atoms with Crippen molar-refractivity contribution in [1.29, 1.82) is 0 Å². The summed E-state index contributed by atoms with van der Waals surface area (Å²) >= 11 is 0. The van der Waals surface area contributed by atoms with Gasteiger partial charge in [0.1, 0.15) is 24.0 Å². The predicted molar refractivity (Wildman–Crippen MR) is 91.0 cm³/mol. The topological polar surface area (TPSA) is 83.9 Å². The van der Waals surface area contributed by atoms with Crippen molar-refractivity contribution >= 4 is 17.7 Å². The van der Waals surface area contributed by atoms with Crippen molar-refractivity contribution in [3.8, 4) is 5.75 Å². The monoisotopic (exact) mass is 377 g/mol. The van der Waals surface area contributed by atoms with Gasteiger partial charge in [0.05, 0.1) is 13.0 Å². The molecular weight excluding hydrogens is 360 g/mol. The average Bonchev–Trinajstić information content (AvgIpc) is 2.64. The highest BCUT2D eigenvalue weighted by atomic mass is 19.1. The Morgan fingerprint density at radius 3 is 2.04 bits per heavy atom. The van der Waals surface area contributed by atoms with Crippen LogP contribution in [0, 0.1) is 11.6 Å². The second kappa shape index (κ2) is 9.42. The molecule has 0 saturated heterocycles. The summed E-state index contributed by atoms with van der Waals surface area (Å²) in [6.07, 6.45) is -0.785. The maximum Gasteiger partial charge on any atom is 0.372 e. The van der Waals surface area contributed by atoms with Crippen LogP contribution in [0.5, 0.6) is 5.75 Å². The first-order valence-electron chi connectivity index (χ1n) is 8.02. The first-order valence-corrected chi connectivity index (χ1v) is 8.02. The lowest BCUT2D eigenvalue weighted by atomic mass is 10.2. The molecule has 0 aliphatic heterocycles. The summed E-state index contributed by atoms with van der Waals surface area (Å²) < 4.78 is 31.3. The molecular formula is C19H17F2NO5. The minimum atomic E-state index is -1.69. The Balaban J connectivity index is 2.02. The van der Waals surface area contributed by atoms with E-state index in [-0.39, 0.29) is 19.7 Å². The van der Waals surface area contributed by atoms with Crippen LogP contribution in [-0.2, 0) is 20.9 Å². The van der Waals surface area contributed by atoms with E-state index >= 15 is 0 Å². The molecule has 0 unspecified atom stereocenters. The van der Waals surface area contributed by atoms with Gasteiger partial charge in [-0.2, -0.15) is 0 Å². The van der Waals surface area contributed by atoms with Gasteiger partial charge in [-0.3, -0.25) is 9.59 Å². The molecule has 8 heteroatoms. The van der Waals surface area contributed by atoms with Gasteiger partial charge in [-0.05, 0) is 42.0 Å². The Morgan fingerprint density at radius 1 is 0.926 bits per heavy atom. The third kappa shape index (κ3) is 6.50. The summed E-state index contributed by atoms with van der Waals surface area (Å²) in [4.78, 5) is 35.5. The van der Waals surface area contributed by atoms with Crippen LogP contribution >= 0.6 is 0 Å². The number of hydrogen-bond acceptors (Lipinski definition) is 4. The first-order chi connectivity index (χ1) is 12.8. The summed E-state index contributed by atoms with van der Waals surface area (Å²) in [6, 6.07) is 10.7. The van der Waals surface area contributed by atoms with Gasteiger partial charge < -0.3 is 14.7 Å². The van der Waals surface area contributed by atoms with Gasteiger partial charge in [-0.1, -0.05) is 12.1 Å².